The average Bonchev–Trinajstić information content (AvgIpc) is 2.61. The first-order chi connectivity index (χ1) is 8.08. The number of carbonyl (C=O) groups excluding carboxylic acids is 1. The molecule has 1 aliphatic heterocycles. The molecule has 0 atom stereocenters. The number of oxime groups is 1. The van der Waals surface area contributed by atoms with Crippen molar-refractivity contribution in [3.05, 3.63) is 41.0 Å². The van der Waals surface area contributed by atoms with Gasteiger partial charge in [-0.05, 0) is 30.7 Å². The monoisotopic (exact) mass is 231 g/mol. The lowest BCUT2D eigenvalue weighted by Crippen LogP contribution is -2.01. The minimum Gasteiger partial charge on any atom is -0.478 e. The normalized spacial score (nSPS) is 16.9. The molecule has 0 aromatic heterocycles. The zero-order valence-electron chi connectivity index (χ0n) is 9.01. The van der Waals surface area contributed by atoms with Crippen LogP contribution in [0.3, 0.4) is 0 Å². The Morgan fingerprint density at radius 3 is 2.47 bits per heavy atom. The van der Waals surface area contributed by atoms with Crippen molar-refractivity contribution >= 4 is 23.7 Å². The number of rotatable bonds is 2. The van der Waals surface area contributed by atoms with Gasteiger partial charge < -0.3 is 9.94 Å². The van der Waals surface area contributed by atoms with E-state index < -0.39 is 11.9 Å². The number of benzene rings is 1. The molecule has 0 spiro atoms. The maximum Gasteiger partial charge on any atom is 0.367 e. The first-order valence-corrected chi connectivity index (χ1v) is 4.89. The Morgan fingerprint density at radius 2 is 2.00 bits per heavy atom. The molecule has 1 aromatic carbocycles. The predicted octanol–water partition coefficient (Wildman–Crippen LogP) is 1.70. The second-order valence-electron chi connectivity index (χ2n) is 3.54. The molecule has 0 amide bonds. The van der Waals surface area contributed by atoms with Gasteiger partial charge in [-0.2, -0.15) is 0 Å². The quantitative estimate of drug-likeness (QED) is 0.620. The van der Waals surface area contributed by atoms with E-state index in [0.717, 1.165) is 5.56 Å². The molecule has 2 rings (SSSR count). The highest BCUT2D eigenvalue weighted by Crippen LogP contribution is 2.15. The molecule has 0 saturated heterocycles. The summed E-state index contributed by atoms with van der Waals surface area (Å²) in [4.78, 5) is 26.4. The van der Waals surface area contributed by atoms with Gasteiger partial charge in [-0.3, -0.25) is 0 Å². The molecule has 0 saturated carbocycles. The minimum atomic E-state index is -0.984. The van der Waals surface area contributed by atoms with Gasteiger partial charge in [-0.1, -0.05) is 17.3 Å². The second-order valence-corrected chi connectivity index (χ2v) is 3.54. The van der Waals surface area contributed by atoms with Crippen LogP contribution in [0.5, 0.6) is 0 Å². The number of carboxylic acids is 1. The van der Waals surface area contributed by atoms with Crippen molar-refractivity contribution in [2.24, 2.45) is 5.16 Å². The zero-order valence-corrected chi connectivity index (χ0v) is 9.01. The third-order valence-corrected chi connectivity index (χ3v) is 2.34. The Labute approximate surface area is 97.0 Å². The minimum absolute atomic E-state index is 0.200. The molecule has 17 heavy (non-hydrogen) atoms. The van der Waals surface area contributed by atoms with Gasteiger partial charge in [-0.25, -0.2) is 9.59 Å². The number of hydrogen-bond acceptors (Lipinski definition) is 4. The molecule has 5 heteroatoms. The van der Waals surface area contributed by atoms with E-state index in [2.05, 4.69) is 9.99 Å². The van der Waals surface area contributed by atoms with Crippen molar-refractivity contribution < 1.29 is 19.5 Å². The second kappa shape index (κ2) is 4.21. The first-order valence-electron chi connectivity index (χ1n) is 4.89. The highest BCUT2D eigenvalue weighted by molar-refractivity contribution is 6.24. The summed E-state index contributed by atoms with van der Waals surface area (Å²) in [5.74, 6) is -1.48. The van der Waals surface area contributed by atoms with Crippen LogP contribution in [0.2, 0.25) is 0 Å². The van der Waals surface area contributed by atoms with E-state index in [4.69, 9.17) is 5.11 Å². The third-order valence-electron chi connectivity index (χ3n) is 2.34. The highest BCUT2D eigenvalue weighted by Gasteiger charge is 2.21. The fourth-order valence-electron chi connectivity index (χ4n) is 1.41. The van der Waals surface area contributed by atoms with Gasteiger partial charge in [0.15, 0.2) is 0 Å². The van der Waals surface area contributed by atoms with Crippen LogP contribution in [0, 0.1) is 0 Å². The maximum atomic E-state index is 11.3. The van der Waals surface area contributed by atoms with Gasteiger partial charge in [0.25, 0.3) is 0 Å². The number of carboxylic acid groups (broad SMARTS) is 1. The van der Waals surface area contributed by atoms with E-state index in [1.165, 1.54) is 12.1 Å². The molecule has 5 nitrogen and oxygen atoms in total. The van der Waals surface area contributed by atoms with E-state index in [-0.39, 0.29) is 5.56 Å². The molecular weight excluding hydrogens is 222 g/mol. The van der Waals surface area contributed by atoms with E-state index in [1.807, 2.05) is 0 Å². The van der Waals surface area contributed by atoms with Crippen LogP contribution < -0.4 is 0 Å². The Morgan fingerprint density at radius 1 is 1.35 bits per heavy atom. The molecule has 1 heterocycles. The van der Waals surface area contributed by atoms with Gasteiger partial charge in [0, 0.05) is 0 Å². The van der Waals surface area contributed by atoms with Crippen LogP contribution in [0.15, 0.2) is 35.0 Å². The number of hydrogen-bond donors (Lipinski definition) is 1. The van der Waals surface area contributed by atoms with E-state index in [0.29, 0.717) is 11.3 Å². The lowest BCUT2D eigenvalue weighted by molar-refractivity contribution is -0.136. The largest absolute Gasteiger partial charge is 0.478 e. The third kappa shape index (κ3) is 2.23. The molecule has 1 aliphatic rings. The summed E-state index contributed by atoms with van der Waals surface area (Å²) in [5, 5.41) is 12.3. The smallest absolute Gasteiger partial charge is 0.367 e. The summed E-state index contributed by atoms with van der Waals surface area (Å²) in [6, 6.07) is 6.19. The molecule has 0 fully saturated rings. The highest BCUT2D eigenvalue weighted by atomic mass is 16.7. The van der Waals surface area contributed by atoms with Crippen molar-refractivity contribution in [3.63, 3.8) is 0 Å². The lowest BCUT2D eigenvalue weighted by atomic mass is 10.1. The van der Waals surface area contributed by atoms with Crippen LogP contribution in [-0.2, 0) is 9.63 Å². The molecule has 0 aliphatic carbocycles. The summed E-state index contributed by atoms with van der Waals surface area (Å²) in [7, 11) is 0. The van der Waals surface area contributed by atoms with Crippen LogP contribution in [-0.4, -0.2) is 22.8 Å². The SMILES string of the molecule is CC1=NOC(=O)C1=Cc1ccc(C(=O)O)cc1. The van der Waals surface area contributed by atoms with Crippen molar-refractivity contribution in [1.82, 2.24) is 0 Å². The Kier molecular flexibility index (Phi) is 2.74. The van der Waals surface area contributed by atoms with Crippen molar-refractivity contribution in [2.75, 3.05) is 0 Å². The number of aromatic carboxylic acids is 1. The molecule has 86 valence electrons. The summed E-state index contributed by atoms with van der Waals surface area (Å²) >= 11 is 0. The van der Waals surface area contributed by atoms with Gasteiger partial charge in [0.1, 0.15) is 0 Å². The number of carbonyl (C=O) groups is 2. The average molecular weight is 231 g/mol. The van der Waals surface area contributed by atoms with Crippen molar-refractivity contribution in [2.45, 2.75) is 6.92 Å². The predicted molar refractivity (Wildman–Crippen MR) is 60.6 cm³/mol. The molecule has 0 unspecified atom stereocenters. The molecule has 0 bridgehead atoms. The molecule has 1 N–H and O–H groups in total. The van der Waals surface area contributed by atoms with Gasteiger partial charge in [-0.15, -0.1) is 0 Å². The fourth-order valence-corrected chi connectivity index (χ4v) is 1.41. The van der Waals surface area contributed by atoms with Gasteiger partial charge in [0.05, 0.1) is 16.8 Å². The van der Waals surface area contributed by atoms with E-state index >= 15 is 0 Å². The summed E-state index contributed by atoms with van der Waals surface area (Å²) in [6.45, 7) is 1.67. The Balaban J connectivity index is 2.30. The van der Waals surface area contributed by atoms with E-state index in [1.54, 1.807) is 25.1 Å². The zero-order chi connectivity index (χ0) is 12.4. The Bertz CT molecular complexity index is 540. The van der Waals surface area contributed by atoms with E-state index in [9.17, 15) is 9.59 Å². The fraction of sp³-hybridized carbons (Fsp3) is 0.0833. The van der Waals surface area contributed by atoms with Crippen LogP contribution in [0.4, 0.5) is 0 Å². The standard InChI is InChI=1S/C12H9NO4/c1-7-10(12(16)17-13-7)6-8-2-4-9(5-3-8)11(14)15/h2-6H,1H3,(H,14,15). The summed E-state index contributed by atoms with van der Waals surface area (Å²) in [5.41, 5.74) is 1.82. The lowest BCUT2D eigenvalue weighted by Gasteiger charge is -1.97. The summed E-state index contributed by atoms with van der Waals surface area (Å²) < 4.78 is 0. The maximum absolute atomic E-state index is 11.3. The van der Waals surface area contributed by atoms with Gasteiger partial charge in [0.2, 0.25) is 0 Å². The molecular formula is C12H9NO4. The Hall–Kier alpha value is -2.43. The van der Waals surface area contributed by atoms with Crippen molar-refractivity contribution in [1.29, 1.82) is 0 Å². The molecule has 0 radical (unpaired) electrons. The van der Waals surface area contributed by atoms with Gasteiger partial charge >= 0.3 is 11.9 Å². The number of nitrogens with zero attached hydrogens (tertiary/aromatic N) is 1. The summed E-state index contributed by atoms with van der Waals surface area (Å²) in [6.07, 6.45) is 1.61. The van der Waals surface area contributed by atoms with Crippen LogP contribution in [0.25, 0.3) is 6.08 Å². The first kappa shape index (κ1) is 11.1. The van der Waals surface area contributed by atoms with Crippen LogP contribution in [0.1, 0.15) is 22.8 Å². The van der Waals surface area contributed by atoms with Crippen LogP contribution >= 0.6 is 0 Å². The topological polar surface area (TPSA) is 76.0 Å². The van der Waals surface area contributed by atoms with Crippen molar-refractivity contribution in [3.8, 4) is 0 Å². The molecule has 1 aromatic rings.